The van der Waals surface area contributed by atoms with Gasteiger partial charge in [-0.3, -0.25) is 0 Å². The second-order valence-electron chi connectivity index (χ2n) is 6.96. The minimum absolute atomic E-state index is 0.000765. The Kier molecular flexibility index (Phi) is 4.96. The number of alkyl halides is 6. The Labute approximate surface area is 176 Å². The van der Waals surface area contributed by atoms with E-state index in [1.807, 2.05) is 0 Å². The number of hydrogen-bond acceptors (Lipinski definition) is 3. The summed E-state index contributed by atoms with van der Waals surface area (Å²) >= 11 is 0. The summed E-state index contributed by atoms with van der Waals surface area (Å²) in [6.07, 6.45) is -9.26. The molecule has 0 saturated carbocycles. The van der Waals surface area contributed by atoms with Gasteiger partial charge in [-0.05, 0) is 31.2 Å². The normalized spacial score (nSPS) is 12.3. The lowest BCUT2D eigenvalue weighted by Crippen LogP contribution is -2.06. The molecule has 0 aliphatic rings. The van der Waals surface area contributed by atoms with Gasteiger partial charge in [-0.15, -0.1) is 0 Å². The molecule has 5 nitrogen and oxygen atoms in total. The third-order valence-corrected chi connectivity index (χ3v) is 4.88. The Morgan fingerprint density at radius 2 is 1.78 bits per heavy atom. The zero-order chi connectivity index (χ0) is 23.3. The zero-order valence-electron chi connectivity index (χ0n) is 16.2. The number of fused-ring (bicyclic) bond motifs is 1. The lowest BCUT2D eigenvalue weighted by Gasteiger charge is -2.11. The summed E-state index contributed by atoms with van der Waals surface area (Å²) < 4.78 is 86.1. The molecule has 2 heterocycles. The summed E-state index contributed by atoms with van der Waals surface area (Å²) in [6.45, 7) is 8.52. The van der Waals surface area contributed by atoms with Crippen LogP contribution in [0.1, 0.15) is 22.7 Å². The van der Waals surface area contributed by atoms with Gasteiger partial charge in [0.1, 0.15) is 6.54 Å². The van der Waals surface area contributed by atoms with Crippen molar-refractivity contribution in [3.8, 4) is 11.4 Å². The number of rotatable bonds is 3. The van der Waals surface area contributed by atoms with Crippen LogP contribution in [0.15, 0.2) is 47.0 Å². The molecule has 2 aromatic heterocycles. The highest BCUT2D eigenvalue weighted by atomic mass is 19.4. The molecule has 11 heteroatoms. The summed E-state index contributed by atoms with van der Waals surface area (Å²) in [5.74, 6) is -0.0766. The molecule has 0 atom stereocenters. The molecule has 0 bridgehead atoms. The minimum atomic E-state index is -4.72. The lowest BCUT2D eigenvalue weighted by molar-refractivity contribution is -0.137. The number of aryl methyl sites for hydroxylation is 1. The predicted octanol–water partition coefficient (Wildman–Crippen LogP) is 6.64. The van der Waals surface area contributed by atoms with Gasteiger partial charge in [0.05, 0.1) is 17.7 Å². The number of aromatic nitrogens is 3. The van der Waals surface area contributed by atoms with Crippen LogP contribution in [0.5, 0.6) is 0 Å². The standard InChI is InChI=1S/C21H12F6N4O/c1-11-8-14-16(7-6-15(28-2)18(14)21(25,26)27)31(11)10-17-29-19(30-32-17)12-4-3-5-13(9-12)20(22,23)24/h3-9H,10H2,1H3. The van der Waals surface area contributed by atoms with E-state index in [2.05, 4.69) is 15.0 Å². The quantitative estimate of drug-likeness (QED) is 0.260. The molecule has 0 radical (unpaired) electrons. The second kappa shape index (κ2) is 7.40. The Balaban J connectivity index is 1.73. The molecule has 0 aliphatic carbocycles. The Hall–Kier alpha value is -3.81. The lowest BCUT2D eigenvalue weighted by atomic mass is 10.1. The van der Waals surface area contributed by atoms with E-state index < -0.39 is 29.2 Å². The molecule has 32 heavy (non-hydrogen) atoms. The van der Waals surface area contributed by atoms with Crippen molar-refractivity contribution in [3.63, 3.8) is 0 Å². The van der Waals surface area contributed by atoms with Crippen LogP contribution < -0.4 is 0 Å². The molecular formula is C21H12F6N4O. The molecule has 0 fully saturated rings. The zero-order valence-corrected chi connectivity index (χ0v) is 16.2. The monoisotopic (exact) mass is 450 g/mol. The van der Waals surface area contributed by atoms with E-state index in [9.17, 15) is 26.3 Å². The summed E-state index contributed by atoms with van der Waals surface area (Å²) in [7, 11) is 0. The van der Waals surface area contributed by atoms with Crippen molar-refractivity contribution < 1.29 is 30.9 Å². The first-order chi connectivity index (χ1) is 15.0. The molecule has 0 spiro atoms. The highest BCUT2D eigenvalue weighted by molar-refractivity contribution is 5.90. The van der Waals surface area contributed by atoms with E-state index in [-0.39, 0.29) is 34.7 Å². The van der Waals surface area contributed by atoms with Gasteiger partial charge >= 0.3 is 12.4 Å². The summed E-state index contributed by atoms with van der Waals surface area (Å²) in [5.41, 5.74) is -1.66. The maximum Gasteiger partial charge on any atom is 0.416 e. The van der Waals surface area contributed by atoms with Crippen molar-refractivity contribution in [2.45, 2.75) is 25.8 Å². The van der Waals surface area contributed by atoms with Gasteiger partial charge in [-0.2, -0.15) is 31.3 Å². The molecule has 0 saturated heterocycles. The summed E-state index contributed by atoms with van der Waals surface area (Å²) in [4.78, 5) is 7.07. The van der Waals surface area contributed by atoms with E-state index in [0.29, 0.717) is 5.69 Å². The molecule has 164 valence electrons. The summed E-state index contributed by atoms with van der Waals surface area (Å²) in [5, 5.41) is 3.56. The van der Waals surface area contributed by atoms with Gasteiger partial charge < -0.3 is 9.09 Å². The fraction of sp³-hybridized carbons (Fsp3) is 0.190. The SMILES string of the molecule is [C-]#[N+]c1ccc2c(cc(C)n2Cc2nc(-c3cccc(C(F)(F)F)c3)no2)c1C(F)(F)F. The smallest absolute Gasteiger partial charge is 0.337 e. The van der Waals surface area contributed by atoms with Crippen molar-refractivity contribution in [2.75, 3.05) is 0 Å². The molecule has 0 amide bonds. The van der Waals surface area contributed by atoms with Crippen LogP contribution in [0.3, 0.4) is 0 Å². The Morgan fingerprint density at radius 3 is 2.44 bits per heavy atom. The van der Waals surface area contributed by atoms with Gasteiger partial charge in [-0.1, -0.05) is 23.4 Å². The molecule has 0 unspecified atom stereocenters. The van der Waals surface area contributed by atoms with Crippen LogP contribution in [-0.4, -0.2) is 14.7 Å². The van der Waals surface area contributed by atoms with Crippen LogP contribution >= 0.6 is 0 Å². The second-order valence-corrected chi connectivity index (χ2v) is 6.96. The van der Waals surface area contributed by atoms with Crippen molar-refractivity contribution >= 4 is 16.6 Å². The third kappa shape index (κ3) is 3.79. The van der Waals surface area contributed by atoms with E-state index in [4.69, 9.17) is 11.1 Å². The summed E-state index contributed by atoms with van der Waals surface area (Å²) in [6, 6.07) is 8.21. The van der Waals surface area contributed by atoms with Crippen molar-refractivity contribution in [2.24, 2.45) is 0 Å². The molecule has 0 aliphatic heterocycles. The maximum atomic E-state index is 13.6. The predicted molar refractivity (Wildman–Crippen MR) is 102 cm³/mol. The topological polar surface area (TPSA) is 48.2 Å². The molecule has 0 N–H and O–H groups in total. The first-order valence-electron chi connectivity index (χ1n) is 9.07. The maximum absolute atomic E-state index is 13.6. The number of nitrogens with zero attached hydrogens (tertiary/aromatic N) is 4. The van der Waals surface area contributed by atoms with Gasteiger partial charge in [-0.25, -0.2) is 4.85 Å². The minimum Gasteiger partial charge on any atom is -0.337 e. The largest absolute Gasteiger partial charge is 0.416 e. The van der Waals surface area contributed by atoms with Crippen LogP contribution in [0.2, 0.25) is 0 Å². The molecule has 4 aromatic rings. The molecule has 2 aromatic carbocycles. The van der Waals surface area contributed by atoms with Gasteiger partial charge in [0.15, 0.2) is 5.69 Å². The van der Waals surface area contributed by atoms with Crippen molar-refractivity contribution in [1.29, 1.82) is 0 Å². The van der Waals surface area contributed by atoms with Gasteiger partial charge in [0.2, 0.25) is 11.7 Å². The highest BCUT2D eigenvalue weighted by Crippen LogP contribution is 2.42. The van der Waals surface area contributed by atoms with E-state index in [1.165, 1.54) is 28.8 Å². The van der Waals surface area contributed by atoms with Gasteiger partial charge in [0.25, 0.3) is 0 Å². The van der Waals surface area contributed by atoms with E-state index in [1.54, 1.807) is 6.92 Å². The van der Waals surface area contributed by atoms with Crippen LogP contribution in [0, 0.1) is 13.5 Å². The number of halogens is 6. The average molecular weight is 450 g/mol. The van der Waals surface area contributed by atoms with E-state index >= 15 is 0 Å². The molecular weight excluding hydrogens is 438 g/mol. The average Bonchev–Trinajstić information content (AvgIpc) is 3.31. The number of benzene rings is 2. The fourth-order valence-electron chi connectivity index (χ4n) is 3.46. The molecule has 4 rings (SSSR count). The van der Waals surface area contributed by atoms with E-state index in [0.717, 1.165) is 18.2 Å². The van der Waals surface area contributed by atoms with Gasteiger partial charge in [0, 0.05) is 22.2 Å². The van der Waals surface area contributed by atoms with Crippen LogP contribution in [-0.2, 0) is 18.9 Å². The van der Waals surface area contributed by atoms with Crippen LogP contribution in [0.4, 0.5) is 32.0 Å². The first-order valence-corrected chi connectivity index (χ1v) is 9.07. The third-order valence-electron chi connectivity index (χ3n) is 4.88. The first kappa shape index (κ1) is 21.4. The van der Waals surface area contributed by atoms with Crippen molar-refractivity contribution in [1.82, 2.24) is 14.7 Å². The highest BCUT2D eigenvalue weighted by Gasteiger charge is 2.36. The fourth-order valence-corrected chi connectivity index (χ4v) is 3.46. The number of hydrogen-bond donors (Lipinski definition) is 0. The van der Waals surface area contributed by atoms with Crippen molar-refractivity contribution in [3.05, 3.63) is 76.6 Å². The Bertz CT molecular complexity index is 1360. The van der Waals surface area contributed by atoms with Crippen LogP contribution in [0.25, 0.3) is 27.1 Å². The Morgan fingerprint density at radius 1 is 1.03 bits per heavy atom.